The van der Waals surface area contributed by atoms with Gasteiger partial charge in [-0.05, 0) is 29.5 Å². The van der Waals surface area contributed by atoms with Crippen LogP contribution in [0.25, 0.3) is 0 Å². The molecule has 1 aliphatic heterocycles. The fourth-order valence-corrected chi connectivity index (χ4v) is 4.66. The molecule has 7 heteroatoms. The smallest absolute Gasteiger partial charge is 0.269 e. The van der Waals surface area contributed by atoms with Gasteiger partial charge in [-0.25, -0.2) is 0 Å². The molecule has 2 aromatic rings. The summed E-state index contributed by atoms with van der Waals surface area (Å²) in [4.78, 5) is 38.7. The summed E-state index contributed by atoms with van der Waals surface area (Å²) in [5.74, 6) is -0.555. The van der Waals surface area contributed by atoms with Crippen LogP contribution in [0.15, 0.2) is 59.8 Å². The van der Waals surface area contributed by atoms with E-state index in [0.29, 0.717) is 34.8 Å². The molecule has 154 valence electrons. The minimum absolute atomic E-state index is 0.00848. The first-order valence-corrected chi connectivity index (χ1v) is 10.1. The third-order valence-electron chi connectivity index (χ3n) is 5.74. The SMILES string of the molecule is CC1(C)CC(=O)C2=C(C1)N(c1ccccc1Cl)C(=O)CC2c1ccc([N+](=O)[O-])cc1. The third-order valence-corrected chi connectivity index (χ3v) is 6.06. The number of rotatable bonds is 3. The van der Waals surface area contributed by atoms with Gasteiger partial charge in [0.1, 0.15) is 0 Å². The molecule has 30 heavy (non-hydrogen) atoms. The first-order chi connectivity index (χ1) is 14.2. The average molecular weight is 425 g/mol. The van der Waals surface area contributed by atoms with Gasteiger partial charge in [0, 0.05) is 42.2 Å². The van der Waals surface area contributed by atoms with Crippen LogP contribution in [0.5, 0.6) is 0 Å². The number of anilines is 1. The predicted octanol–water partition coefficient (Wildman–Crippen LogP) is 5.41. The number of amides is 1. The van der Waals surface area contributed by atoms with Crippen LogP contribution in [0.1, 0.15) is 44.6 Å². The molecule has 4 rings (SSSR count). The Morgan fingerprint density at radius 2 is 1.73 bits per heavy atom. The van der Waals surface area contributed by atoms with E-state index in [9.17, 15) is 19.7 Å². The van der Waals surface area contributed by atoms with E-state index in [2.05, 4.69) is 0 Å². The first-order valence-electron chi connectivity index (χ1n) is 9.76. The molecule has 0 bridgehead atoms. The van der Waals surface area contributed by atoms with Crippen molar-refractivity contribution in [3.63, 3.8) is 0 Å². The second kappa shape index (κ2) is 7.36. The minimum atomic E-state index is -0.464. The number of benzene rings is 2. The van der Waals surface area contributed by atoms with Gasteiger partial charge in [-0.1, -0.05) is 49.7 Å². The van der Waals surface area contributed by atoms with Crippen LogP contribution in [0.4, 0.5) is 11.4 Å². The molecule has 1 unspecified atom stereocenters. The van der Waals surface area contributed by atoms with Crippen molar-refractivity contribution < 1.29 is 14.5 Å². The van der Waals surface area contributed by atoms with E-state index < -0.39 is 10.8 Å². The lowest BCUT2D eigenvalue weighted by Gasteiger charge is -2.43. The molecular weight excluding hydrogens is 404 g/mol. The number of nitrogens with zero attached hydrogens (tertiary/aromatic N) is 2. The second-order valence-electron chi connectivity index (χ2n) is 8.59. The summed E-state index contributed by atoms with van der Waals surface area (Å²) in [7, 11) is 0. The Kier molecular flexibility index (Phi) is 4.98. The molecule has 0 aromatic heterocycles. The monoisotopic (exact) mass is 424 g/mol. The van der Waals surface area contributed by atoms with E-state index in [1.807, 2.05) is 19.9 Å². The Bertz CT molecular complexity index is 1090. The summed E-state index contributed by atoms with van der Waals surface area (Å²) in [5, 5.41) is 11.4. The fraction of sp³-hybridized carbons (Fsp3) is 0.304. The predicted molar refractivity (Wildman–Crippen MR) is 114 cm³/mol. The lowest BCUT2D eigenvalue weighted by atomic mass is 9.69. The van der Waals surface area contributed by atoms with Crippen molar-refractivity contribution in [3.05, 3.63) is 80.5 Å². The van der Waals surface area contributed by atoms with Gasteiger partial charge < -0.3 is 0 Å². The number of halogens is 1. The van der Waals surface area contributed by atoms with E-state index in [1.54, 1.807) is 35.2 Å². The van der Waals surface area contributed by atoms with Crippen LogP contribution in [-0.4, -0.2) is 16.6 Å². The molecule has 6 nitrogen and oxygen atoms in total. The minimum Gasteiger partial charge on any atom is -0.294 e. The fourth-order valence-electron chi connectivity index (χ4n) is 4.44. The van der Waals surface area contributed by atoms with Gasteiger partial charge in [-0.3, -0.25) is 24.6 Å². The standard InChI is InChI=1S/C23H21ClN2O4/c1-23(2)12-19-22(20(27)13-23)16(14-7-9-15(10-8-14)26(29)30)11-21(28)25(19)18-6-4-3-5-17(18)24/h3-10,16H,11-13H2,1-2H3. The van der Waals surface area contributed by atoms with E-state index in [-0.39, 0.29) is 29.2 Å². The number of hydrogen-bond acceptors (Lipinski definition) is 4. The molecular formula is C23H21ClN2O4. The lowest BCUT2D eigenvalue weighted by Crippen LogP contribution is -2.43. The van der Waals surface area contributed by atoms with Crippen molar-refractivity contribution in [2.45, 2.75) is 39.0 Å². The van der Waals surface area contributed by atoms with Crippen molar-refractivity contribution in [1.29, 1.82) is 0 Å². The maximum Gasteiger partial charge on any atom is 0.269 e. The van der Waals surface area contributed by atoms with Gasteiger partial charge in [-0.15, -0.1) is 0 Å². The topological polar surface area (TPSA) is 80.5 Å². The van der Waals surface area contributed by atoms with E-state index in [1.165, 1.54) is 12.1 Å². The lowest BCUT2D eigenvalue weighted by molar-refractivity contribution is -0.384. The summed E-state index contributed by atoms with van der Waals surface area (Å²) in [6.07, 6.45) is 1.06. The molecule has 0 spiro atoms. The zero-order valence-corrected chi connectivity index (χ0v) is 17.5. The van der Waals surface area contributed by atoms with E-state index in [4.69, 9.17) is 11.6 Å². The zero-order valence-electron chi connectivity index (χ0n) is 16.7. The highest BCUT2D eigenvalue weighted by Gasteiger charge is 2.44. The molecule has 0 N–H and O–H groups in total. The van der Waals surface area contributed by atoms with Crippen LogP contribution < -0.4 is 4.90 Å². The number of non-ortho nitro benzene ring substituents is 1. The number of carbonyl (C=O) groups excluding carboxylic acids is 2. The number of allylic oxidation sites excluding steroid dienone is 2. The number of Topliss-reactive ketones (excluding diaryl/α,β-unsaturated/α-hetero) is 1. The quantitative estimate of drug-likeness (QED) is 0.487. The summed E-state index contributed by atoms with van der Waals surface area (Å²) < 4.78 is 0. The second-order valence-corrected chi connectivity index (χ2v) is 8.99. The number of nitro groups is 1. The Labute approximate surface area is 179 Å². The number of para-hydroxylation sites is 1. The molecule has 1 amide bonds. The number of nitro benzene ring substituents is 1. The highest BCUT2D eigenvalue weighted by molar-refractivity contribution is 6.34. The molecule has 1 atom stereocenters. The van der Waals surface area contributed by atoms with Gasteiger partial charge in [-0.2, -0.15) is 0 Å². The van der Waals surface area contributed by atoms with Crippen molar-refractivity contribution >= 4 is 34.7 Å². The Morgan fingerprint density at radius 1 is 1.07 bits per heavy atom. The van der Waals surface area contributed by atoms with Crippen molar-refractivity contribution in [2.75, 3.05) is 4.90 Å². The van der Waals surface area contributed by atoms with Gasteiger partial charge in [0.25, 0.3) is 5.69 Å². The average Bonchev–Trinajstić information content (AvgIpc) is 2.67. The summed E-state index contributed by atoms with van der Waals surface area (Å²) in [6.45, 7) is 4.03. The number of ketones is 1. The summed E-state index contributed by atoms with van der Waals surface area (Å²) in [6, 6.07) is 13.2. The molecule has 0 saturated heterocycles. The number of hydrogen-bond donors (Lipinski definition) is 0. The summed E-state index contributed by atoms with van der Waals surface area (Å²) in [5.41, 5.74) is 2.29. The van der Waals surface area contributed by atoms with Crippen LogP contribution in [-0.2, 0) is 9.59 Å². The van der Waals surface area contributed by atoms with Crippen molar-refractivity contribution in [2.24, 2.45) is 5.41 Å². The molecule has 0 saturated carbocycles. The van der Waals surface area contributed by atoms with Gasteiger partial charge in [0.2, 0.25) is 5.91 Å². The Balaban J connectivity index is 1.88. The normalized spacial score (nSPS) is 20.9. The maximum atomic E-state index is 13.3. The molecule has 0 fully saturated rings. The highest BCUT2D eigenvalue weighted by atomic mass is 35.5. The molecule has 1 aliphatic carbocycles. The Hall–Kier alpha value is -2.99. The molecule has 2 aromatic carbocycles. The highest BCUT2D eigenvalue weighted by Crippen LogP contribution is 2.49. The van der Waals surface area contributed by atoms with Crippen molar-refractivity contribution in [3.8, 4) is 0 Å². The van der Waals surface area contributed by atoms with Crippen LogP contribution in [0, 0.1) is 15.5 Å². The van der Waals surface area contributed by atoms with Crippen LogP contribution in [0.2, 0.25) is 5.02 Å². The van der Waals surface area contributed by atoms with Gasteiger partial charge in [0.15, 0.2) is 5.78 Å². The zero-order chi connectivity index (χ0) is 21.6. The largest absolute Gasteiger partial charge is 0.294 e. The third kappa shape index (κ3) is 3.52. The van der Waals surface area contributed by atoms with E-state index in [0.717, 1.165) is 5.56 Å². The van der Waals surface area contributed by atoms with Crippen molar-refractivity contribution in [1.82, 2.24) is 0 Å². The van der Waals surface area contributed by atoms with Gasteiger partial charge in [0.05, 0.1) is 15.6 Å². The van der Waals surface area contributed by atoms with Gasteiger partial charge >= 0.3 is 0 Å². The summed E-state index contributed by atoms with van der Waals surface area (Å²) >= 11 is 6.40. The first kappa shape index (κ1) is 20.3. The molecule has 0 radical (unpaired) electrons. The molecule has 1 heterocycles. The molecule has 2 aliphatic rings. The Morgan fingerprint density at radius 3 is 2.37 bits per heavy atom. The van der Waals surface area contributed by atoms with Crippen LogP contribution >= 0.6 is 11.6 Å². The van der Waals surface area contributed by atoms with Crippen LogP contribution in [0.3, 0.4) is 0 Å². The number of carbonyl (C=O) groups is 2. The maximum absolute atomic E-state index is 13.3. The van der Waals surface area contributed by atoms with E-state index >= 15 is 0 Å².